The van der Waals surface area contributed by atoms with Crippen molar-refractivity contribution in [1.29, 1.82) is 0 Å². The van der Waals surface area contributed by atoms with E-state index in [1.807, 2.05) is 7.05 Å². The molecule has 2 fully saturated rings. The number of fused-ring (bicyclic) bond motifs is 1. The summed E-state index contributed by atoms with van der Waals surface area (Å²) < 4.78 is 0. The highest BCUT2D eigenvalue weighted by Crippen LogP contribution is 2.27. The highest BCUT2D eigenvalue weighted by atomic mass is 16.2. The van der Waals surface area contributed by atoms with Gasteiger partial charge in [-0.05, 0) is 36.8 Å². The Morgan fingerprint density at radius 3 is 2.72 bits per heavy atom. The number of hydrogen-bond acceptors (Lipinski definition) is 3. The molecule has 29 heavy (non-hydrogen) atoms. The Morgan fingerprint density at radius 2 is 1.93 bits per heavy atom. The predicted octanol–water partition coefficient (Wildman–Crippen LogP) is 2.00. The molecule has 2 N–H and O–H groups in total. The second kappa shape index (κ2) is 9.61. The van der Waals surface area contributed by atoms with Crippen molar-refractivity contribution in [3.05, 3.63) is 35.4 Å². The molecule has 1 aromatic carbocycles. The number of likely N-dealkylation sites (tertiary alicyclic amines) is 1. The molecular weight excluding hydrogens is 362 g/mol. The van der Waals surface area contributed by atoms with E-state index in [0.29, 0.717) is 11.9 Å². The van der Waals surface area contributed by atoms with Crippen molar-refractivity contribution in [2.45, 2.75) is 51.1 Å². The fraction of sp³-hybridized carbons (Fsp3) is 0.652. The van der Waals surface area contributed by atoms with Gasteiger partial charge in [0.1, 0.15) is 0 Å². The van der Waals surface area contributed by atoms with Gasteiger partial charge in [0.05, 0.1) is 0 Å². The van der Waals surface area contributed by atoms with E-state index in [1.54, 1.807) is 0 Å². The molecule has 0 bridgehead atoms. The van der Waals surface area contributed by atoms with Crippen LogP contribution in [0.15, 0.2) is 29.3 Å². The van der Waals surface area contributed by atoms with E-state index in [4.69, 9.17) is 0 Å². The third-order valence-corrected chi connectivity index (χ3v) is 6.70. The quantitative estimate of drug-likeness (QED) is 0.589. The van der Waals surface area contributed by atoms with Gasteiger partial charge >= 0.3 is 0 Å². The summed E-state index contributed by atoms with van der Waals surface area (Å²) in [5.74, 6) is 1.50. The van der Waals surface area contributed by atoms with Crippen molar-refractivity contribution in [2.24, 2.45) is 10.9 Å². The molecule has 1 unspecified atom stereocenters. The molecule has 1 amide bonds. The second-order valence-corrected chi connectivity index (χ2v) is 8.69. The third-order valence-electron chi connectivity index (χ3n) is 6.70. The van der Waals surface area contributed by atoms with E-state index in [1.165, 1.54) is 24.0 Å². The molecule has 4 rings (SSSR count). The van der Waals surface area contributed by atoms with Crippen LogP contribution in [0.1, 0.15) is 43.2 Å². The summed E-state index contributed by atoms with van der Waals surface area (Å²) >= 11 is 0. The number of amides is 1. The van der Waals surface area contributed by atoms with Crippen molar-refractivity contribution in [2.75, 3.05) is 39.8 Å². The first-order valence-electron chi connectivity index (χ1n) is 11.3. The van der Waals surface area contributed by atoms with Crippen molar-refractivity contribution in [3.8, 4) is 0 Å². The molecule has 3 aliphatic rings. The Balaban J connectivity index is 1.18. The van der Waals surface area contributed by atoms with Crippen molar-refractivity contribution < 1.29 is 4.79 Å². The average Bonchev–Trinajstić information content (AvgIpc) is 3.45. The first kappa shape index (κ1) is 20.2. The van der Waals surface area contributed by atoms with E-state index in [9.17, 15) is 4.79 Å². The molecule has 2 aliphatic heterocycles. The molecule has 0 radical (unpaired) electrons. The van der Waals surface area contributed by atoms with Crippen LogP contribution in [0.5, 0.6) is 0 Å². The van der Waals surface area contributed by atoms with E-state index in [2.05, 4.69) is 49.7 Å². The Bertz CT molecular complexity index is 728. The average molecular weight is 398 g/mol. The first-order valence-corrected chi connectivity index (χ1v) is 11.3. The van der Waals surface area contributed by atoms with E-state index < -0.39 is 0 Å². The van der Waals surface area contributed by atoms with Crippen LogP contribution in [0.4, 0.5) is 0 Å². The normalized spacial score (nSPS) is 23.3. The zero-order chi connectivity index (χ0) is 20.1. The maximum absolute atomic E-state index is 12.6. The van der Waals surface area contributed by atoms with Gasteiger partial charge in [-0.15, -0.1) is 0 Å². The molecule has 1 atom stereocenters. The highest BCUT2D eigenvalue weighted by Gasteiger charge is 2.32. The molecule has 2 heterocycles. The number of hydrogen-bond donors (Lipinski definition) is 2. The topological polar surface area (TPSA) is 60.0 Å². The number of nitrogens with one attached hydrogen (secondary N) is 2. The summed E-state index contributed by atoms with van der Waals surface area (Å²) in [6, 6.07) is 9.06. The molecule has 158 valence electrons. The van der Waals surface area contributed by atoms with Gasteiger partial charge in [0.2, 0.25) is 5.91 Å². The smallest absolute Gasteiger partial charge is 0.225 e. The zero-order valence-electron chi connectivity index (χ0n) is 17.7. The Hall–Kier alpha value is -2.08. The molecular formula is C23H35N5O. The predicted molar refractivity (Wildman–Crippen MR) is 117 cm³/mol. The number of benzene rings is 1. The second-order valence-electron chi connectivity index (χ2n) is 8.69. The third kappa shape index (κ3) is 5.10. The van der Waals surface area contributed by atoms with Crippen LogP contribution in [-0.2, 0) is 17.8 Å². The van der Waals surface area contributed by atoms with Gasteiger partial charge in [0.25, 0.3) is 0 Å². The SMILES string of the molecule is CN=C(NCCN1CCc2ccccc2C1)NC1CCN(C(=O)C2CCCC2)C1. The fourth-order valence-electron chi connectivity index (χ4n) is 4.97. The van der Waals surface area contributed by atoms with Crippen molar-refractivity contribution in [3.63, 3.8) is 0 Å². The van der Waals surface area contributed by atoms with Crippen molar-refractivity contribution >= 4 is 11.9 Å². The zero-order valence-corrected chi connectivity index (χ0v) is 17.7. The van der Waals surface area contributed by atoms with Crippen LogP contribution < -0.4 is 10.6 Å². The minimum absolute atomic E-state index is 0.279. The van der Waals surface area contributed by atoms with Crippen LogP contribution in [0.2, 0.25) is 0 Å². The van der Waals surface area contributed by atoms with Crippen LogP contribution in [-0.4, -0.2) is 67.5 Å². The number of carbonyl (C=O) groups is 1. The van der Waals surface area contributed by atoms with Gasteiger partial charge in [0, 0.05) is 58.3 Å². The standard InChI is InChI=1S/C23H35N5O/c1-24-23(25-12-15-27-13-10-18-6-2-5-9-20(18)16-27)26-21-11-14-28(17-21)22(29)19-7-3-4-8-19/h2,5-6,9,19,21H,3-4,7-8,10-17H2,1H3,(H2,24,25,26). The van der Waals surface area contributed by atoms with Crippen LogP contribution in [0.3, 0.4) is 0 Å². The minimum atomic E-state index is 0.279. The van der Waals surface area contributed by atoms with E-state index >= 15 is 0 Å². The highest BCUT2D eigenvalue weighted by molar-refractivity contribution is 5.81. The molecule has 6 nitrogen and oxygen atoms in total. The van der Waals surface area contributed by atoms with Crippen molar-refractivity contribution in [1.82, 2.24) is 20.4 Å². The molecule has 1 saturated carbocycles. The van der Waals surface area contributed by atoms with Gasteiger partial charge in [-0.2, -0.15) is 0 Å². The summed E-state index contributed by atoms with van der Waals surface area (Å²) in [4.78, 5) is 21.6. The van der Waals surface area contributed by atoms with Crippen LogP contribution >= 0.6 is 0 Å². The van der Waals surface area contributed by atoms with Gasteiger partial charge in [-0.3, -0.25) is 14.7 Å². The van der Waals surface area contributed by atoms with Gasteiger partial charge < -0.3 is 15.5 Å². The number of nitrogens with zero attached hydrogens (tertiary/aromatic N) is 3. The van der Waals surface area contributed by atoms with Crippen LogP contribution in [0, 0.1) is 5.92 Å². The Kier molecular flexibility index (Phi) is 6.70. The Morgan fingerprint density at radius 1 is 1.14 bits per heavy atom. The minimum Gasteiger partial charge on any atom is -0.355 e. The Labute approximate surface area is 174 Å². The lowest BCUT2D eigenvalue weighted by Crippen LogP contribution is -2.47. The summed E-state index contributed by atoms with van der Waals surface area (Å²) in [7, 11) is 1.82. The van der Waals surface area contributed by atoms with E-state index in [0.717, 1.165) is 70.9 Å². The molecule has 1 aromatic rings. The maximum Gasteiger partial charge on any atom is 0.225 e. The fourth-order valence-corrected chi connectivity index (χ4v) is 4.97. The molecule has 6 heteroatoms. The number of guanidine groups is 1. The lowest BCUT2D eigenvalue weighted by Gasteiger charge is -2.29. The lowest BCUT2D eigenvalue weighted by molar-refractivity contribution is -0.134. The molecule has 0 aromatic heterocycles. The van der Waals surface area contributed by atoms with Gasteiger partial charge in [-0.25, -0.2) is 0 Å². The number of carbonyl (C=O) groups excluding carboxylic acids is 1. The summed E-state index contributed by atoms with van der Waals surface area (Å²) in [6.45, 7) is 5.71. The van der Waals surface area contributed by atoms with E-state index in [-0.39, 0.29) is 5.92 Å². The summed E-state index contributed by atoms with van der Waals surface area (Å²) in [6.07, 6.45) is 6.73. The molecule has 1 aliphatic carbocycles. The largest absolute Gasteiger partial charge is 0.355 e. The summed E-state index contributed by atoms with van der Waals surface area (Å²) in [5.41, 5.74) is 2.95. The van der Waals surface area contributed by atoms with Gasteiger partial charge in [0.15, 0.2) is 5.96 Å². The maximum atomic E-state index is 12.6. The van der Waals surface area contributed by atoms with Gasteiger partial charge in [-0.1, -0.05) is 37.1 Å². The number of aliphatic imine (C=N–C) groups is 1. The monoisotopic (exact) mass is 397 g/mol. The molecule has 0 spiro atoms. The van der Waals surface area contributed by atoms with Crippen LogP contribution in [0.25, 0.3) is 0 Å². The summed E-state index contributed by atoms with van der Waals surface area (Å²) in [5, 5.41) is 6.98. The lowest BCUT2D eigenvalue weighted by atomic mass is 10.00. The first-order chi connectivity index (χ1) is 14.2. The number of rotatable bonds is 5. The molecule has 1 saturated heterocycles.